The van der Waals surface area contributed by atoms with E-state index in [-0.39, 0.29) is 66.9 Å². The van der Waals surface area contributed by atoms with Crippen LogP contribution in [0.15, 0.2) is 41.2 Å². The zero-order chi connectivity index (χ0) is 40.8. The van der Waals surface area contributed by atoms with Crippen LogP contribution in [0.1, 0.15) is 116 Å². The number of ketones is 1. The second kappa shape index (κ2) is 16.7. The van der Waals surface area contributed by atoms with Crippen LogP contribution in [-0.4, -0.2) is 71.5 Å². The first-order valence-corrected chi connectivity index (χ1v) is 23.5. The Balaban J connectivity index is 1.15. The number of ether oxygens (including phenoxy) is 2. The molecular weight excluding hydrogens is 782 g/mol. The summed E-state index contributed by atoms with van der Waals surface area (Å²) < 4.78 is 42.5. The van der Waals surface area contributed by atoms with Crippen LogP contribution in [0.4, 0.5) is 0 Å². The topological polar surface area (TPSA) is 158 Å². The third-order valence-corrected chi connectivity index (χ3v) is 16.1. The number of rotatable bonds is 8. The van der Waals surface area contributed by atoms with Crippen LogP contribution in [0.2, 0.25) is 5.02 Å². The summed E-state index contributed by atoms with van der Waals surface area (Å²) in [5, 5.41) is 0.975. The maximum absolute atomic E-state index is 15.1. The van der Waals surface area contributed by atoms with E-state index < -0.39 is 50.6 Å². The molecule has 1 aromatic carbocycles. The Morgan fingerprint density at radius 2 is 1.72 bits per heavy atom. The van der Waals surface area contributed by atoms with E-state index in [2.05, 4.69) is 16.9 Å². The third kappa shape index (κ3) is 8.49. The second-order valence-corrected chi connectivity index (χ2v) is 20.3. The van der Waals surface area contributed by atoms with Crippen molar-refractivity contribution in [3.05, 3.63) is 51.8 Å². The van der Waals surface area contributed by atoms with E-state index in [0.717, 1.165) is 57.8 Å². The molecule has 1 N–H and O–H groups in total. The molecule has 14 heteroatoms. The van der Waals surface area contributed by atoms with Gasteiger partial charge in [0.15, 0.2) is 11.7 Å². The quantitative estimate of drug-likeness (QED) is 0.228. The normalized spacial score (nSPS) is 31.7. The molecule has 7 atom stereocenters. The SMILES string of the molecule is CC[C@H]1C[C@]1(CC(=O)[C@@H]1C[C@@H]2CN1C(=O)[C@H](C1CCCCC1)CC(=O)O[C@@H]1CCC[C@H]1C/C=C/CCn1c(cc3cc(Cl)ccc3c1=O)O2)C(=O)NS(=O)(=O)C1CC1. The molecule has 1 aromatic heterocycles. The van der Waals surface area contributed by atoms with Crippen LogP contribution < -0.4 is 15.0 Å². The zero-order valence-electron chi connectivity index (χ0n) is 33.4. The van der Waals surface area contributed by atoms with Crippen molar-refractivity contribution < 1.29 is 37.1 Å². The van der Waals surface area contributed by atoms with E-state index in [4.69, 9.17) is 21.1 Å². The standard InChI is InChI=1S/C44H56ClN3O9S/c1-2-30-24-44(30,43(53)46-58(54,55)33-16-17-33)25-37(49)36-22-32-26-48(36)42(52)35(27-10-5-3-6-11-27)23-40(50)57-38-14-9-13-28(38)12-7-4-8-19-47-39(56-32)21-29-20-31(45)15-18-34(29)41(47)51/h4,7,15,18,20-21,27-28,30,32-33,35-36,38H,2-3,5-6,8-14,16-17,19,22-26H2,1H3,(H,46,53)/b7-4+/t28-,30+,32-,35+,36+,38-,44-/m1/s1. The molecule has 2 aliphatic heterocycles. The fourth-order valence-corrected chi connectivity index (χ4v) is 12.0. The summed E-state index contributed by atoms with van der Waals surface area (Å²) in [7, 11) is -3.84. The molecule has 2 bridgehead atoms. The van der Waals surface area contributed by atoms with Gasteiger partial charge < -0.3 is 14.4 Å². The first-order chi connectivity index (χ1) is 27.9. The Morgan fingerprint density at radius 3 is 2.47 bits per heavy atom. The Bertz CT molecular complexity index is 2140. The van der Waals surface area contributed by atoms with Gasteiger partial charge in [-0.15, -0.1) is 0 Å². The Morgan fingerprint density at radius 1 is 0.948 bits per heavy atom. The number of aromatic nitrogens is 1. The van der Waals surface area contributed by atoms with Crippen LogP contribution in [0, 0.1) is 29.1 Å². The number of esters is 1. The summed E-state index contributed by atoms with van der Waals surface area (Å²) in [5.74, 6) is -2.17. The minimum Gasteiger partial charge on any atom is -0.473 e. The minimum atomic E-state index is -3.84. The number of carbonyl (C=O) groups excluding carboxylic acids is 4. The molecule has 4 saturated carbocycles. The van der Waals surface area contributed by atoms with Crippen LogP contribution >= 0.6 is 11.6 Å². The predicted molar refractivity (Wildman–Crippen MR) is 219 cm³/mol. The summed E-state index contributed by atoms with van der Waals surface area (Å²) in [6.07, 6.45) is 13.4. The summed E-state index contributed by atoms with van der Waals surface area (Å²) in [6.45, 7) is 2.28. The van der Waals surface area contributed by atoms with E-state index in [1.807, 2.05) is 6.92 Å². The molecule has 314 valence electrons. The lowest BCUT2D eigenvalue weighted by Gasteiger charge is -2.34. The minimum absolute atomic E-state index is 0.0341. The number of amides is 2. The molecule has 4 aliphatic carbocycles. The Labute approximate surface area is 345 Å². The van der Waals surface area contributed by atoms with E-state index >= 15 is 4.79 Å². The van der Waals surface area contributed by atoms with Gasteiger partial charge in [0, 0.05) is 35.9 Å². The van der Waals surface area contributed by atoms with Gasteiger partial charge in [-0.3, -0.25) is 33.3 Å². The highest BCUT2D eigenvalue weighted by Gasteiger charge is 2.62. The number of fused-ring (bicyclic) bond motifs is 5. The fraction of sp³-hybridized carbons (Fsp3) is 0.659. The number of nitrogens with one attached hydrogen (secondary N) is 1. The number of carbonyl (C=O) groups is 4. The van der Waals surface area contributed by atoms with Gasteiger partial charge in [-0.05, 0) is 106 Å². The highest BCUT2D eigenvalue weighted by molar-refractivity contribution is 7.90. The summed E-state index contributed by atoms with van der Waals surface area (Å²) in [6, 6.07) is 5.90. The average Bonchev–Trinajstić information content (AvgIpc) is 4.09. The molecule has 6 aliphatic rings. The molecule has 8 rings (SSSR count). The Hall–Kier alpha value is -3.71. The number of Topliss-reactive ketones (excluding diaryl/α,β-unsaturated/α-hetero) is 1. The van der Waals surface area contributed by atoms with Gasteiger partial charge in [-0.25, -0.2) is 8.42 Å². The van der Waals surface area contributed by atoms with Crippen molar-refractivity contribution in [2.75, 3.05) is 6.54 Å². The number of pyridine rings is 1. The molecule has 3 heterocycles. The molecule has 0 unspecified atom stereocenters. The lowest BCUT2D eigenvalue weighted by atomic mass is 9.77. The van der Waals surface area contributed by atoms with Gasteiger partial charge >= 0.3 is 5.97 Å². The van der Waals surface area contributed by atoms with Crippen molar-refractivity contribution >= 4 is 56.0 Å². The second-order valence-electron chi connectivity index (χ2n) is 17.9. The van der Waals surface area contributed by atoms with Crippen molar-refractivity contribution in [3.8, 4) is 5.88 Å². The van der Waals surface area contributed by atoms with Gasteiger partial charge in [-0.2, -0.15) is 0 Å². The average molecular weight is 838 g/mol. The van der Waals surface area contributed by atoms with Gasteiger partial charge in [0.05, 0.1) is 35.6 Å². The molecule has 12 nitrogen and oxygen atoms in total. The van der Waals surface area contributed by atoms with Gasteiger partial charge in [0.1, 0.15) is 12.2 Å². The van der Waals surface area contributed by atoms with Crippen molar-refractivity contribution in [2.24, 2.45) is 29.1 Å². The van der Waals surface area contributed by atoms with E-state index in [1.54, 1.807) is 33.7 Å². The lowest BCUT2D eigenvalue weighted by Crippen LogP contribution is -2.48. The molecule has 1 saturated heterocycles. The van der Waals surface area contributed by atoms with E-state index in [9.17, 15) is 27.6 Å². The number of halogens is 1. The highest BCUT2D eigenvalue weighted by atomic mass is 35.5. The van der Waals surface area contributed by atoms with Crippen molar-refractivity contribution in [3.63, 3.8) is 0 Å². The first kappa shape index (κ1) is 41.0. The summed E-state index contributed by atoms with van der Waals surface area (Å²) >= 11 is 6.37. The smallest absolute Gasteiger partial charge is 0.306 e. The molecule has 5 fully saturated rings. The van der Waals surface area contributed by atoms with Gasteiger partial charge in [0.25, 0.3) is 5.56 Å². The molecule has 58 heavy (non-hydrogen) atoms. The summed E-state index contributed by atoms with van der Waals surface area (Å²) in [5.41, 5.74) is -1.43. The maximum atomic E-state index is 15.1. The maximum Gasteiger partial charge on any atom is 0.306 e. The first-order valence-electron chi connectivity index (χ1n) is 21.6. The largest absolute Gasteiger partial charge is 0.473 e. The number of nitrogens with zero attached hydrogens (tertiary/aromatic N) is 2. The number of sulfonamides is 1. The van der Waals surface area contributed by atoms with Crippen LogP contribution in [-0.2, 0) is 40.5 Å². The van der Waals surface area contributed by atoms with Gasteiger partial charge in [0.2, 0.25) is 21.8 Å². The van der Waals surface area contributed by atoms with Crippen molar-refractivity contribution in [1.29, 1.82) is 0 Å². The highest BCUT2D eigenvalue weighted by Crippen LogP contribution is 2.58. The monoisotopic (exact) mass is 837 g/mol. The third-order valence-electron chi connectivity index (χ3n) is 14.0. The van der Waals surface area contributed by atoms with Crippen LogP contribution in [0.3, 0.4) is 0 Å². The van der Waals surface area contributed by atoms with E-state index in [0.29, 0.717) is 60.3 Å². The molecule has 0 spiro atoms. The number of allylic oxidation sites excluding steroid dienone is 2. The number of benzene rings is 1. The van der Waals surface area contributed by atoms with Crippen LogP contribution in [0.25, 0.3) is 10.8 Å². The van der Waals surface area contributed by atoms with Crippen LogP contribution in [0.5, 0.6) is 5.88 Å². The van der Waals surface area contributed by atoms with Gasteiger partial charge in [-0.1, -0.05) is 56.4 Å². The molecule has 2 aromatic rings. The van der Waals surface area contributed by atoms with Crippen molar-refractivity contribution in [2.45, 2.75) is 146 Å². The zero-order valence-corrected chi connectivity index (χ0v) is 34.9. The molecule has 0 radical (unpaired) electrons. The fourth-order valence-electron chi connectivity index (χ4n) is 10.4. The van der Waals surface area contributed by atoms with Crippen molar-refractivity contribution in [1.82, 2.24) is 14.2 Å². The number of hydrogen-bond acceptors (Lipinski definition) is 9. The molecule has 2 amide bonds. The number of hydrogen-bond donors (Lipinski definition) is 1. The summed E-state index contributed by atoms with van der Waals surface area (Å²) in [4.78, 5) is 72.9. The lowest BCUT2D eigenvalue weighted by molar-refractivity contribution is -0.157. The Kier molecular flexibility index (Phi) is 11.8. The van der Waals surface area contributed by atoms with E-state index in [1.165, 1.54) is 0 Å². The molecular formula is C44H56ClN3O9S. The predicted octanol–water partition coefficient (Wildman–Crippen LogP) is 6.64.